The number of amides is 3. The number of rotatable bonds is 2. The van der Waals surface area contributed by atoms with Gasteiger partial charge in [-0.3, -0.25) is 19.7 Å². The first-order valence-electron chi connectivity index (χ1n) is 5.01. The van der Waals surface area contributed by atoms with E-state index in [0.29, 0.717) is 5.76 Å². The van der Waals surface area contributed by atoms with Gasteiger partial charge in [0.1, 0.15) is 18.8 Å². The second-order valence-electron chi connectivity index (χ2n) is 3.60. The molecule has 17 heavy (non-hydrogen) atoms. The van der Waals surface area contributed by atoms with Gasteiger partial charge in [0.2, 0.25) is 11.8 Å². The van der Waals surface area contributed by atoms with Gasteiger partial charge in [-0.1, -0.05) is 0 Å². The van der Waals surface area contributed by atoms with Crippen molar-refractivity contribution < 1.29 is 18.8 Å². The Kier molecular flexibility index (Phi) is 2.92. The van der Waals surface area contributed by atoms with E-state index in [1.54, 1.807) is 6.07 Å². The monoisotopic (exact) mass is 237 g/mol. The molecule has 2 heterocycles. The Morgan fingerprint density at radius 1 is 1.35 bits per heavy atom. The van der Waals surface area contributed by atoms with Crippen LogP contribution in [0.25, 0.3) is 0 Å². The van der Waals surface area contributed by atoms with E-state index in [1.807, 2.05) is 0 Å². The van der Waals surface area contributed by atoms with Crippen LogP contribution in [0.3, 0.4) is 0 Å². The van der Waals surface area contributed by atoms with Gasteiger partial charge < -0.3 is 15.1 Å². The first kappa shape index (κ1) is 11.3. The van der Waals surface area contributed by atoms with Crippen molar-refractivity contribution in [3.8, 4) is 0 Å². The summed E-state index contributed by atoms with van der Waals surface area (Å²) in [7, 11) is 0. The lowest BCUT2D eigenvalue weighted by Gasteiger charge is -2.24. The van der Waals surface area contributed by atoms with Crippen LogP contribution in [0, 0.1) is 0 Å². The van der Waals surface area contributed by atoms with Gasteiger partial charge in [0.15, 0.2) is 5.76 Å². The molecule has 1 saturated heterocycles. The molecule has 3 N–H and O–H groups in total. The van der Waals surface area contributed by atoms with Gasteiger partial charge in [-0.15, -0.1) is 0 Å². The van der Waals surface area contributed by atoms with Crippen molar-refractivity contribution in [2.45, 2.75) is 6.54 Å². The molecule has 0 aliphatic carbocycles. The third-order valence-corrected chi connectivity index (χ3v) is 2.31. The smallest absolute Gasteiger partial charge is 0.290 e. The van der Waals surface area contributed by atoms with Crippen molar-refractivity contribution in [3.05, 3.63) is 23.7 Å². The molecule has 0 spiro atoms. The van der Waals surface area contributed by atoms with Crippen molar-refractivity contribution in [2.75, 3.05) is 13.1 Å². The molecule has 0 aromatic carbocycles. The largest absolute Gasteiger partial charge is 0.455 e. The molecule has 2 rings (SSSR count). The fourth-order valence-electron chi connectivity index (χ4n) is 1.54. The number of imide groups is 1. The van der Waals surface area contributed by atoms with E-state index in [-0.39, 0.29) is 25.4 Å². The number of nitrogens with zero attached hydrogens (tertiary/aromatic N) is 1. The number of nitrogens with two attached hydrogens (primary N) is 1. The highest BCUT2D eigenvalue weighted by atomic mass is 16.4. The van der Waals surface area contributed by atoms with E-state index >= 15 is 0 Å². The lowest BCUT2D eigenvalue weighted by Crippen LogP contribution is -2.53. The molecule has 0 atom stereocenters. The fraction of sp³-hybridized carbons (Fsp3) is 0.300. The molecular formula is C10H11N3O4. The molecule has 0 bridgehead atoms. The van der Waals surface area contributed by atoms with Crippen LogP contribution in [0.1, 0.15) is 16.3 Å². The molecule has 0 radical (unpaired) electrons. The summed E-state index contributed by atoms with van der Waals surface area (Å²) in [6.45, 7) is -0.112. The normalized spacial score (nSPS) is 15.9. The molecule has 3 amide bonds. The van der Waals surface area contributed by atoms with Crippen molar-refractivity contribution in [2.24, 2.45) is 5.73 Å². The second kappa shape index (κ2) is 4.38. The highest BCUT2D eigenvalue weighted by molar-refractivity contribution is 6.04. The molecule has 1 aromatic heterocycles. The third-order valence-electron chi connectivity index (χ3n) is 2.31. The van der Waals surface area contributed by atoms with Gasteiger partial charge in [-0.25, -0.2) is 0 Å². The maximum Gasteiger partial charge on any atom is 0.290 e. The van der Waals surface area contributed by atoms with Crippen molar-refractivity contribution in [3.63, 3.8) is 0 Å². The molecule has 0 saturated carbocycles. The van der Waals surface area contributed by atoms with Gasteiger partial charge in [0, 0.05) is 0 Å². The average molecular weight is 237 g/mol. The van der Waals surface area contributed by atoms with Crippen LogP contribution in [0.5, 0.6) is 0 Å². The third kappa shape index (κ3) is 2.34. The summed E-state index contributed by atoms with van der Waals surface area (Å²) in [4.78, 5) is 35.2. The molecule has 7 nitrogen and oxygen atoms in total. The van der Waals surface area contributed by atoms with E-state index in [1.165, 1.54) is 6.07 Å². The molecule has 0 unspecified atom stereocenters. The van der Waals surface area contributed by atoms with Gasteiger partial charge in [-0.2, -0.15) is 0 Å². The van der Waals surface area contributed by atoms with Crippen LogP contribution in [0.4, 0.5) is 0 Å². The minimum atomic E-state index is -0.500. The Bertz CT molecular complexity index is 464. The summed E-state index contributed by atoms with van der Waals surface area (Å²) < 4.78 is 5.16. The number of nitrogens with one attached hydrogen (secondary N) is 1. The summed E-state index contributed by atoms with van der Waals surface area (Å²) >= 11 is 0. The molecule has 1 aliphatic heterocycles. The summed E-state index contributed by atoms with van der Waals surface area (Å²) in [6, 6.07) is 3.06. The van der Waals surface area contributed by atoms with Crippen LogP contribution in [0.2, 0.25) is 0 Å². The molecule has 1 fully saturated rings. The first-order chi connectivity index (χ1) is 8.10. The number of carbonyl (C=O) groups excluding carboxylic acids is 3. The lowest BCUT2D eigenvalue weighted by atomic mass is 10.3. The van der Waals surface area contributed by atoms with E-state index in [9.17, 15) is 14.4 Å². The lowest BCUT2D eigenvalue weighted by molar-refractivity contribution is -0.135. The average Bonchev–Trinajstić information content (AvgIpc) is 2.75. The predicted octanol–water partition coefficient (Wildman–Crippen LogP) is -1.16. The number of piperazine rings is 1. The predicted molar refractivity (Wildman–Crippen MR) is 55.7 cm³/mol. The van der Waals surface area contributed by atoms with E-state index in [4.69, 9.17) is 10.2 Å². The zero-order valence-electron chi connectivity index (χ0n) is 8.93. The maximum atomic E-state index is 11.9. The summed E-state index contributed by atoms with van der Waals surface area (Å²) in [5.41, 5.74) is 5.35. The van der Waals surface area contributed by atoms with Crippen molar-refractivity contribution in [1.82, 2.24) is 10.2 Å². The Labute approximate surface area is 96.5 Å². The zero-order chi connectivity index (χ0) is 12.4. The molecule has 1 aliphatic rings. The summed E-state index contributed by atoms with van der Waals surface area (Å²) in [5, 5.41) is 2.11. The van der Waals surface area contributed by atoms with Crippen molar-refractivity contribution >= 4 is 17.7 Å². The van der Waals surface area contributed by atoms with Crippen molar-refractivity contribution in [1.29, 1.82) is 0 Å². The van der Waals surface area contributed by atoms with E-state index in [0.717, 1.165) is 4.90 Å². The Balaban J connectivity index is 2.14. The van der Waals surface area contributed by atoms with E-state index in [2.05, 4.69) is 5.32 Å². The minimum absolute atomic E-state index is 0.0768. The first-order valence-corrected chi connectivity index (χ1v) is 5.01. The molecular weight excluding hydrogens is 226 g/mol. The second-order valence-corrected chi connectivity index (χ2v) is 3.60. The minimum Gasteiger partial charge on any atom is -0.455 e. The molecule has 7 heteroatoms. The topological polar surface area (TPSA) is 106 Å². The van der Waals surface area contributed by atoms with Crippen LogP contribution < -0.4 is 11.1 Å². The Hall–Kier alpha value is -2.15. The zero-order valence-corrected chi connectivity index (χ0v) is 8.93. The SMILES string of the molecule is NCc1ccc(C(=O)N2CC(=O)NC(=O)C2)o1. The highest BCUT2D eigenvalue weighted by Crippen LogP contribution is 2.11. The van der Waals surface area contributed by atoms with Gasteiger partial charge >= 0.3 is 0 Å². The number of carbonyl (C=O) groups is 3. The van der Waals surface area contributed by atoms with E-state index < -0.39 is 17.7 Å². The van der Waals surface area contributed by atoms with Gasteiger partial charge in [0.05, 0.1) is 6.54 Å². The number of furan rings is 1. The highest BCUT2D eigenvalue weighted by Gasteiger charge is 2.28. The Morgan fingerprint density at radius 2 is 2.00 bits per heavy atom. The Morgan fingerprint density at radius 3 is 2.53 bits per heavy atom. The number of hydrogen-bond acceptors (Lipinski definition) is 5. The van der Waals surface area contributed by atoms with Gasteiger partial charge in [0.25, 0.3) is 5.91 Å². The number of hydrogen-bond donors (Lipinski definition) is 2. The maximum absolute atomic E-state index is 11.9. The summed E-state index contributed by atoms with van der Waals surface area (Å²) in [6.07, 6.45) is 0. The standard InChI is InChI=1S/C10H11N3O4/c11-3-6-1-2-7(17-6)10(16)13-4-8(14)12-9(15)5-13/h1-2H,3-5,11H2,(H,12,14,15). The fourth-order valence-corrected chi connectivity index (χ4v) is 1.54. The molecule has 90 valence electrons. The quantitative estimate of drug-likeness (QED) is 0.631. The molecule has 1 aromatic rings. The van der Waals surface area contributed by atoms with Crippen LogP contribution in [0.15, 0.2) is 16.5 Å². The summed E-state index contributed by atoms with van der Waals surface area (Å²) in [5.74, 6) is -0.942. The van der Waals surface area contributed by atoms with Crippen LogP contribution in [-0.2, 0) is 16.1 Å². The van der Waals surface area contributed by atoms with Crippen LogP contribution >= 0.6 is 0 Å². The van der Waals surface area contributed by atoms with Crippen LogP contribution in [-0.4, -0.2) is 35.7 Å². The van der Waals surface area contributed by atoms with Gasteiger partial charge in [-0.05, 0) is 12.1 Å².